The van der Waals surface area contributed by atoms with Crippen LogP contribution < -0.4 is 10.1 Å². The van der Waals surface area contributed by atoms with Crippen LogP contribution in [0.15, 0.2) is 30.3 Å². The highest BCUT2D eigenvalue weighted by Gasteiger charge is 2.44. The molecule has 3 atom stereocenters. The van der Waals surface area contributed by atoms with Crippen LogP contribution in [-0.2, 0) is 14.3 Å². The van der Waals surface area contributed by atoms with Crippen molar-refractivity contribution in [2.75, 3.05) is 40.0 Å². The second kappa shape index (κ2) is 7.00. The van der Waals surface area contributed by atoms with E-state index in [0.717, 1.165) is 0 Å². The van der Waals surface area contributed by atoms with E-state index in [1.165, 1.54) is 0 Å². The molecule has 2 saturated heterocycles. The number of nitrogens with one attached hydrogen (secondary N) is 1. The van der Waals surface area contributed by atoms with Crippen LogP contribution in [0.4, 0.5) is 0 Å². The molecular formula is C17H22N2O4. The molecule has 6 nitrogen and oxygen atoms in total. The van der Waals surface area contributed by atoms with Crippen LogP contribution in [0, 0.1) is 17.8 Å². The Kier molecular flexibility index (Phi) is 4.81. The Morgan fingerprint density at radius 1 is 1.26 bits per heavy atom. The number of para-hydroxylation sites is 1. The number of likely N-dealkylation sites (tertiary alicyclic amines) is 1. The zero-order chi connectivity index (χ0) is 16.2. The molecule has 0 unspecified atom stereocenters. The number of carbonyl (C=O) groups is 2. The largest absolute Gasteiger partial charge is 0.484 e. The van der Waals surface area contributed by atoms with Crippen LogP contribution in [0.5, 0.6) is 5.75 Å². The highest BCUT2D eigenvalue weighted by atomic mass is 16.5. The van der Waals surface area contributed by atoms with Gasteiger partial charge in [-0.15, -0.1) is 0 Å². The van der Waals surface area contributed by atoms with E-state index in [4.69, 9.17) is 9.47 Å². The average Bonchev–Trinajstić information content (AvgIpc) is 3.04. The maximum atomic E-state index is 12.4. The summed E-state index contributed by atoms with van der Waals surface area (Å²) in [7, 11) is 1.64. The fourth-order valence-electron chi connectivity index (χ4n) is 3.41. The molecule has 0 aliphatic carbocycles. The van der Waals surface area contributed by atoms with E-state index in [9.17, 15) is 9.59 Å². The lowest BCUT2D eigenvalue weighted by molar-refractivity contribution is -0.134. The highest BCUT2D eigenvalue weighted by Crippen LogP contribution is 2.34. The summed E-state index contributed by atoms with van der Waals surface area (Å²) in [6.45, 7) is 2.30. The summed E-state index contributed by atoms with van der Waals surface area (Å²) in [5.74, 6) is 0.861. The first kappa shape index (κ1) is 15.8. The zero-order valence-electron chi connectivity index (χ0n) is 13.2. The van der Waals surface area contributed by atoms with Crippen LogP contribution in [0.1, 0.15) is 0 Å². The van der Waals surface area contributed by atoms with Gasteiger partial charge in [-0.25, -0.2) is 0 Å². The maximum Gasteiger partial charge on any atom is 0.260 e. The highest BCUT2D eigenvalue weighted by molar-refractivity contribution is 5.80. The van der Waals surface area contributed by atoms with E-state index in [0.29, 0.717) is 32.1 Å². The molecule has 0 saturated carbocycles. The number of benzene rings is 1. The van der Waals surface area contributed by atoms with Gasteiger partial charge >= 0.3 is 0 Å². The van der Waals surface area contributed by atoms with Gasteiger partial charge in [0, 0.05) is 26.1 Å². The Morgan fingerprint density at radius 3 is 2.78 bits per heavy atom. The van der Waals surface area contributed by atoms with Crippen molar-refractivity contribution in [3.63, 3.8) is 0 Å². The van der Waals surface area contributed by atoms with E-state index >= 15 is 0 Å². The second-order valence-corrected chi connectivity index (χ2v) is 6.08. The van der Waals surface area contributed by atoms with Crippen molar-refractivity contribution in [1.29, 1.82) is 0 Å². The normalized spacial score (nSPS) is 26.5. The number of amides is 2. The van der Waals surface area contributed by atoms with Crippen molar-refractivity contribution >= 4 is 11.8 Å². The Bertz CT molecular complexity index is 563. The number of hydrogen-bond donors (Lipinski definition) is 1. The maximum absolute atomic E-state index is 12.4. The van der Waals surface area contributed by atoms with E-state index in [2.05, 4.69) is 5.32 Å². The molecule has 124 valence electrons. The fraction of sp³-hybridized carbons (Fsp3) is 0.529. The minimum absolute atomic E-state index is 0.00506. The van der Waals surface area contributed by atoms with Gasteiger partial charge in [0.05, 0.1) is 19.1 Å². The van der Waals surface area contributed by atoms with E-state index in [-0.39, 0.29) is 36.2 Å². The van der Waals surface area contributed by atoms with Crippen molar-refractivity contribution in [2.24, 2.45) is 17.8 Å². The van der Waals surface area contributed by atoms with Crippen LogP contribution in [-0.4, -0.2) is 56.7 Å². The molecule has 1 N–H and O–H groups in total. The lowest BCUT2D eigenvalue weighted by Gasteiger charge is -2.31. The van der Waals surface area contributed by atoms with E-state index < -0.39 is 0 Å². The third-order valence-corrected chi connectivity index (χ3v) is 4.68. The van der Waals surface area contributed by atoms with Crippen LogP contribution in [0.2, 0.25) is 0 Å². The summed E-state index contributed by atoms with van der Waals surface area (Å²) in [6, 6.07) is 9.29. The Hall–Kier alpha value is -2.08. The molecule has 1 aromatic carbocycles. The third-order valence-electron chi connectivity index (χ3n) is 4.68. The van der Waals surface area contributed by atoms with Crippen LogP contribution in [0.25, 0.3) is 0 Å². The topological polar surface area (TPSA) is 67.9 Å². The average molecular weight is 318 g/mol. The van der Waals surface area contributed by atoms with Crippen LogP contribution >= 0.6 is 0 Å². The molecule has 2 fully saturated rings. The standard InChI is InChI=1S/C17H22N2O4/c1-18-17(21)15-10-22-9-12-7-19(8-14(12)15)16(20)11-23-13-5-3-2-4-6-13/h2-6,12,14-15H,7-11H2,1H3,(H,18,21)/t12-,14-,15-/m1/s1. The first-order valence-corrected chi connectivity index (χ1v) is 7.94. The molecule has 1 aromatic rings. The molecule has 0 aromatic heterocycles. The number of ether oxygens (including phenoxy) is 2. The van der Waals surface area contributed by atoms with E-state index in [1.807, 2.05) is 30.3 Å². The summed E-state index contributed by atoms with van der Waals surface area (Å²) in [5.41, 5.74) is 0. The molecule has 2 amide bonds. The van der Waals surface area contributed by atoms with Crippen molar-refractivity contribution in [1.82, 2.24) is 10.2 Å². The predicted octanol–water partition coefficient (Wildman–Crippen LogP) is 0.532. The van der Waals surface area contributed by atoms with Gasteiger partial charge in [-0.3, -0.25) is 9.59 Å². The summed E-state index contributed by atoms with van der Waals surface area (Å²) < 4.78 is 11.1. The van der Waals surface area contributed by atoms with Crippen molar-refractivity contribution < 1.29 is 19.1 Å². The molecule has 23 heavy (non-hydrogen) atoms. The predicted molar refractivity (Wildman–Crippen MR) is 83.9 cm³/mol. The number of fused-ring (bicyclic) bond motifs is 1. The third kappa shape index (κ3) is 3.47. The SMILES string of the molecule is CNC(=O)[C@@H]1COC[C@H]2CN(C(=O)COc3ccccc3)C[C@H]21. The van der Waals surface area contributed by atoms with Crippen molar-refractivity contribution in [3.8, 4) is 5.75 Å². The monoisotopic (exact) mass is 318 g/mol. The molecule has 3 rings (SSSR count). The minimum Gasteiger partial charge on any atom is -0.484 e. The van der Waals surface area contributed by atoms with Gasteiger partial charge in [0.2, 0.25) is 5.91 Å². The van der Waals surface area contributed by atoms with Gasteiger partial charge in [0.25, 0.3) is 5.91 Å². The molecule has 0 radical (unpaired) electrons. The summed E-state index contributed by atoms with van der Waals surface area (Å²) >= 11 is 0. The zero-order valence-corrected chi connectivity index (χ0v) is 13.2. The number of nitrogens with zero attached hydrogens (tertiary/aromatic N) is 1. The lowest BCUT2D eigenvalue weighted by atomic mass is 9.82. The summed E-state index contributed by atoms with van der Waals surface area (Å²) in [4.78, 5) is 26.1. The Balaban J connectivity index is 1.57. The van der Waals surface area contributed by atoms with Crippen LogP contribution in [0.3, 0.4) is 0 Å². The summed E-state index contributed by atoms with van der Waals surface area (Å²) in [5, 5.41) is 2.69. The number of rotatable bonds is 4. The molecule has 0 bridgehead atoms. The van der Waals surface area contributed by atoms with Crippen molar-refractivity contribution in [3.05, 3.63) is 30.3 Å². The van der Waals surface area contributed by atoms with E-state index in [1.54, 1.807) is 11.9 Å². The smallest absolute Gasteiger partial charge is 0.260 e. The molecular weight excluding hydrogens is 296 g/mol. The van der Waals surface area contributed by atoms with Gasteiger partial charge in [-0.05, 0) is 18.1 Å². The Labute approximate surface area is 135 Å². The Morgan fingerprint density at radius 2 is 2.04 bits per heavy atom. The van der Waals surface area contributed by atoms with Gasteiger partial charge in [0.1, 0.15) is 5.75 Å². The minimum atomic E-state index is -0.174. The number of hydrogen-bond acceptors (Lipinski definition) is 4. The second-order valence-electron chi connectivity index (χ2n) is 6.08. The summed E-state index contributed by atoms with van der Waals surface area (Å²) in [6.07, 6.45) is 0. The van der Waals surface area contributed by atoms with Gasteiger partial charge in [-0.2, -0.15) is 0 Å². The first-order chi connectivity index (χ1) is 11.2. The number of carbonyl (C=O) groups excluding carboxylic acids is 2. The van der Waals surface area contributed by atoms with Gasteiger partial charge in [0.15, 0.2) is 6.61 Å². The lowest BCUT2D eigenvalue weighted by Crippen LogP contribution is -2.43. The molecule has 2 aliphatic heterocycles. The fourth-order valence-corrected chi connectivity index (χ4v) is 3.41. The molecule has 2 heterocycles. The van der Waals surface area contributed by atoms with Gasteiger partial charge < -0.3 is 19.7 Å². The van der Waals surface area contributed by atoms with Gasteiger partial charge in [-0.1, -0.05) is 18.2 Å². The quantitative estimate of drug-likeness (QED) is 0.879. The molecule has 6 heteroatoms. The van der Waals surface area contributed by atoms with Crippen molar-refractivity contribution in [2.45, 2.75) is 0 Å². The first-order valence-electron chi connectivity index (χ1n) is 7.94. The molecule has 0 spiro atoms. The molecule has 2 aliphatic rings.